The number of carbonyl (C=O) groups excluding carboxylic acids is 1. The van der Waals surface area contributed by atoms with Crippen LogP contribution in [0.5, 0.6) is 0 Å². The van der Waals surface area contributed by atoms with Gasteiger partial charge >= 0.3 is 5.97 Å². The lowest BCUT2D eigenvalue weighted by Crippen LogP contribution is -2.36. The Labute approximate surface area is 150 Å². The van der Waals surface area contributed by atoms with E-state index in [1.165, 1.54) is 19.1 Å². The van der Waals surface area contributed by atoms with E-state index in [1.54, 1.807) is 6.08 Å². The van der Waals surface area contributed by atoms with Crippen molar-refractivity contribution in [3.8, 4) is 0 Å². The van der Waals surface area contributed by atoms with Gasteiger partial charge in [0.05, 0.1) is 13.2 Å². The Morgan fingerprint density at radius 3 is 2.56 bits per heavy atom. The Morgan fingerprint density at radius 1 is 1.16 bits per heavy atom. The lowest BCUT2D eigenvalue weighted by Gasteiger charge is -2.40. The fraction of sp³-hybridized carbons (Fsp3) is 0.571. The molecule has 1 aromatic carbocycles. The second-order valence-electron chi connectivity index (χ2n) is 7.01. The zero-order valence-electron chi connectivity index (χ0n) is 15.0. The van der Waals surface area contributed by atoms with Gasteiger partial charge in [0.2, 0.25) is 0 Å². The molecule has 1 heterocycles. The summed E-state index contributed by atoms with van der Waals surface area (Å²) in [5.41, 5.74) is 1.13. The number of allylic oxidation sites excluding steroid dienone is 1. The minimum absolute atomic E-state index is 0.0337. The molecule has 0 spiro atoms. The van der Waals surface area contributed by atoms with Gasteiger partial charge in [-0.2, -0.15) is 0 Å². The van der Waals surface area contributed by atoms with Gasteiger partial charge in [0.1, 0.15) is 0 Å². The van der Waals surface area contributed by atoms with Gasteiger partial charge in [-0.05, 0) is 50.5 Å². The number of hydrogen-bond acceptors (Lipinski definition) is 4. The van der Waals surface area contributed by atoms with Crippen LogP contribution >= 0.6 is 0 Å². The molecule has 1 atom stereocenters. The van der Waals surface area contributed by atoms with Crippen molar-refractivity contribution in [1.82, 2.24) is 0 Å². The third-order valence-electron chi connectivity index (χ3n) is 5.40. The lowest BCUT2D eigenvalue weighted by molar-refractivity contribution is -0.194. The number of rotatable bonds is 5. The Balaban J connectivity index is 1.68. The van der Waals surface area contributed by atoms with Crippen molar-refractivity contribution in [2.24, 2.45) is 0 Å². The van der Waals surface area contributed by atoms with Crippen molar-refractivity contribution < 1.29 is 19.0 Å². The van der Waals surface area contributed by atoms with E-state index in [9.17, 15) is 4.79 Å². The van der Waals surface area contributed by atoms with Crippen molar-refractivity contribution in [1.29, 1.82) is 0 Å². The first-order valence-corrected chi connectivity index (χ1v) is 9.32. The van der Waals surface area contributed by atoms with Crippen LogP contribution in [0.3, 0.4) is 0 Å². The molecule has 1 aliphatic carbocycles. The van der Waals surface area contributed by atoms with Gasteiger partial charge in [0, 0.05) is 18.1 Å². The SMILES string of the molecule is COC(=O)C=CC1(c2ccccc2)CCC(OC2CCCCO2)CC1. The summed E-state index contributed by atoms with van der Waals surface area (Å²) in [5.74, 6) is -0.302. The second kappa shape index (κ2) is 8.63. The zero-order chi connectivity index (χ0) is 17.5. The Morgan fingerprint density at radius 2 is 1.92 bits per heavy atom. The van der Waals surface area contributed by atoms with Crippen LogP contribution in [0.1, 0.15) is 50.5 Å². The molecule has 1 unspecified atom stereocenters. The van der Waals surface area contributed by atoms with E-state index in [2.05, 4.69) is 24.3 Å². The van der Waals surface area contributed by atoms with E-state index >= 15 is 0 Å². The highest BCUT2D eigenvalue weighted by atomic mass is 16.7. The van der Waals surface area contributed by atoms with Crippen molar-refractivity contribution >= 4 is 5.97 Å². The number of methoxy groups -OCH3 is 1. The number of benzene rings is 1. The molecule has 0 amide bonds. The Kier molecular flexibility index (Phi) is 6.27. The molecular formula is C21H28O4. The van der Waals surface area contributed by atoms with Gasteiger partial charge in [-0.3, -0.25) is 0 Å². The largest absolute Gasteiger partial charge is 0.466 e. The van der Waals surface area contributed by atoms with E-state index in [0.29, 0.717) is 0 Å². The summed E-state index contributed by atoms with van der Waals surface area (Å²) in [6.45, 7) is 0.813. The molecule has 3 rings (SSSR count). The molecule has 0 N–H and O–H groups in total. The zero-order valence-corrected chi connectivity index (χ0v) is 15.0. The molecule has 0 bridgehead atoms. The quantitative estimate of drug-likeness (QED) is 0.595. The van der Waals surface area contributed by atoms with Crippen LogP contribution in [0.15, 0.2) is 42.5 Å². The monoisotopic (exact) mass is 344 g/mol. The molecule has 2 aliphatic rings. The highest BCUT2D eigenvalue weighted by molar-refractivity contribution is 5.82. The number of hydrogen-bond donors (Lipinski definition) is 0. The van der Waals surface area contributed by atoms with Crippen molar-refractivity contribution in [2.75, 3.05) is 13.7 Å². The van der Waals surface area contributed by atoms with Crippen molar-refractivity contribution in [2.45, 2.75) is 62.8 Å². The first-order valence-electron chi connectivity index (χ1n) is 9.32. The van der Waals surface area contributed by atoms with E-state index in [-0.39, 0.29) is 23.8 Å². The van der Waals surface area contributed by atoms with Gasteiger partial charge in [0.15, 0.2) is 6.29 Å². The number of esters is 1. The minimum Gasteiger partial charge on any atom is -0.466 e. The van der Waals surface area contributed by atoms with E-state index in [1.807, 2.05) is 12.1 Å². The van der Waals surface area contributed by atoms with Gasteiger partial charge in [-0.1, -0.05) is 36.4 Å². The normalized spacial score (nSPS) is 30.3. The van der Waals surface area contributed by atoms with Crippen molar-refractivity contribution in [3.05, 3.63) is 48.0 Å². The molecule has 136 valence electrons. The van der Waals surface area contributed by atoms with Crippen LogP contribution in [-0.4, -0.2) is 32.1 Å². The van der Waals surface area contributed by atoms with E-state index in [0.717, 1.165) is 45.1 Å². The maximum atomic E-state index is 11.6. The van der Waals surface area contributed by atoms with E-state index in [4.69, 9.17) is 14.2 Å². The maximum absolute atomic E-state index is 11.6. The smallest absolute Gasteiger partial charge is 0.330 e. The molecule has 1 aliphatic heterocycles. The molecular weight excluding hydrogens is 316 g/mol. The average Bonchev–Trinajstić information content (AvgIpc) is 2.69. The summed E-state index contributed by atoms with van der Waals surface area (Å²) >= 11 is 0. The summed E-state index contributed by atoms with van der Waals surface area (Å²) in [6, 6.07) is 10.4. The predicted molar refractivity (Wildman–Crippen MR) is 96.2 cm³/mol. The highest BCUT2D eigenvalue weighted by Gasteiger charge is 2.36. The van der Waals surface area contributed by atoms with Crippen LogP contribution in [0, 0.1) is 0 Å². The third kappa shape index (κ3) is 4.71. The standard InChI is InChI=1S/C21H28O4/c1-23-19(22)12-15-21(17-7-3-2-4-8-17)13-10-18(11-14-21)25-20-9-5-6-16-24-20/h2-4,7-8,12,15,18,20H,5-6,9-11,13-14,16H2,1H3. The first kappa shape index (κ1) is 18.2. The van der Waals surface area contributed by atoms with Crippen LogP contribution in [0.2, 0.25) is 0 Å². The molecule has 0 aromatic heterocycles. The predicted octanol–water partition coefficient (Wildman–Crippen LogP) is 4.14. The summed E-state index contributed by atoms with van der Waals surface area (Å²) in [7, 11) is 1.41. The summed E-state index contributed by atoms with van der Waals surface area (Å²) in [4.78, 5) is 11.6. The lowest BCUT2D eigenvalue weighted by atomic mass is 9.68. The van der Waals surface area contributed by atoms with Gasteiger partial charge in [-0.25, -0.2) is 4.79 Å². The summed E-state index contributed by atoms with van der Waals surface area (Å²) < 4.78 is 16.7. The van der Waals surface area contributed by atoms with E-state index < -0.39 is 0 Å². The first-order chi connectivity index (χ1) is 12.2. The number of carbonyl (C=O) groups is 1. The van der Waals surface area contributed by atoms with Gasteiger partial charge in [0.25, 0.3) is 0 Å². The Bertz CT molecular complexity index is 567. The minimum atomic E-state index is -0.302. The fourth-order valence-electron chi connectivity index (χ4n) is 3.89. The molecule has 4 nitrogen and oxygen atoms in total. The molecule has 1 aromatic rings. The molecule has 1 saturated carbocycles. The fourth-order valence-corrected chi connectivity index (χ4v) is 3.89. The summed E-state index contributed by atoms with van der Waals surface area (Å²) in [5, 5.41) is 0. The van der Waals surface area contributed by atoms with Gasteiger partial charge in [-0.15, -0.1) is 0 Å². The van der Waals surface area contributed by atoms with Crippen LogP contribution in [0.25, 0.3) is 0 Å². The maximum Gasteiger partial charge on any atom is 0.330 e. The molecule has 25 heavy (non-hydrogen) atoms. The molecule has 4 heteroatoms. The van der Waals surface area contributed by atoms with Crippen molar-refractivity contribution in [3.63, 3.8) is 0 Å². The van der Waals surface area contributed by atoms with Crippen LogP contribution < -0.4 is 0 Å². The third-order valence-corrected chi connectivity index (χ3v) is 5.40. The average molecular weight is 344 g/mol. The topological polar surface area (TPSA) is 44.8 Å². The van der Waals surface area contributed by atoms with Crippen LogP contribution in [-0.2, 0) is 24.4 Å². The molecule has 1 saturated heterocycles. The summed E-state index contributed by atoms with van der Waals surface area (Å²) in [6.07, 6.45) is 11.0. The van der Waals surface area contributed by atoms with Gasteiger partial charge < -0.3 is 14.2 Å². The highest BCUT2D eigenvalue weighted by Crippen LogP contribution is 2.42. The van der Waals surface area contributed by atoms with Crippen LogP contribution in [0.4, 0.5) is 0 Å². The number of ether oxygens (including phenoxy) is 3. The molecule has 2 fully saturated rings. The Hall–Kier alpha value is -1.65. The molecule has 0 radical (unpaired) electrons. The second-order valence-corrected chi connectivity index (χ2v) is 7.01.